The van der Waals surface area contributed by atoms with Crippen molar-refractivity contribution in [1.29, 1.82) is 0 Å². The molecule has 0 amide bonds. The van der Waals surface area contributed by atoms with Gasteiger partial charge in [-0.15, -0.1) is 0 Å². The Morgan fingerprint density at radius 1 is 1.50 bits per heavy atom. The molecule has 0 saturated heterocycles. The van der Waals surface area contributed by atoms with Gasteiger partial charge in [0.2, 0.25) is 0 Å². The minimum absolute atomic E-state index is 0.120. The summed E-state index contributed by atoms with van der Waals surface area (Å²) in [5.74, 6) is 0. The van der Waals surface area contributed by atoms with Crippen molar-refractivity contribution in [2.75, 3.05) is 0 Å². The second-order valence-electron chi connectivity index (χ2n) is 3.96. The molecule has 1 aromatic rings. The quantitative estimate of drug-likeness (QED) is 0.779. The lowest BCUT2D eigenvalue weighted by atomic mass is 9.93. The van der Waals surface area contributed by atoms with Crippen molar-refractivity contribution in [1.82, 2.24) is 9.78 Å². The molecule has 0 radical (unpaired) electrons. The zero-order chi connectivity index (χ0) is 10.1. The fraction of sp³-hybridized carbons (Fsp3) is 0.700. The number of hydrogen-bond donors (Lipinski definition) is 1. The van der Waals surface area contributed by atoms with Gasteiger partial charge in [0.05, 0.1) is 22.9 Å². The maximum atomic E-state index is 9.82. The summed E-state index contributed by atoms with van der Waals surface area (Å²) in [6, 6.07) is 0.120. The molecule has 0 bridgehead atoms. The van der Waals surface area contributed by atoms with Crippen LogP contribution in [0.15, 0.2) is 6.20 Å². The third-order valence-corrected chi connectivity index (χ3v) is 3.26. The first-order chi connectivity index (χ1) is 6.68. The number of halogens is 1. The number of aliphatic hydroxyl groups excluding tert-OH is 1. The monoisotopic (exact) mass is 214 g/mol. The van der Waals surface area contributed by atoms with E-state index in [1.54, 1.807) is 0 Å². The van der Waals surface area contributed by atoms with E-state index < -0.39 is 0 Å². The summed E-state index contributed by atoms with van der Waals surface area (Å²) >= 11 is 5.93. The third kappa shape index (κ3) is 1.79. The van der Waals surface area contributed by atoms with Gasteiger partial charge in [-0.1, -0.05) is 24.4 Å². The van der Waals surface area contributed by atoms with Gasteiger partial charge in [-0.25, -0.2) is 0 Å². The van der Waals surface area contributed by atoms with E-state index in [1.165, 1.54) is 0 Å². The Bertz CT molecular complexity index is 304. The topological polar surface area (TPSA) is 38.0 Å². The fourth-order valence-corrected chi connectivity index (χ4v) is 2.17. The molecule has 1 fully saturated rings. The van der Waals surface area contributed by atoms with Gasteiger partial charge in [-0.3, -0.25) is 4.68 Å². The number of aryl methyl sites for hydroxylation is 1. The molecule has 14 heavy (non-hydrogen) atoms. The lowest BCUT2D eigenvalue weighted by Gasteiger charge is -2.27. The van der Waals surface area contributed by atoms with E-state index in [4.69, 9.17) is 11.6 Å². The van der Waals surface area contributed by atoms with Gasteiger partial charge in [-0.05, 0) is 19.8 Å². The van der Waals surface area contributed by atoms with Gasteiger partial charge in [0.15, 0.2) is 0 Å². The number of aliphatic hydroxyl groups is 1. The smallest absolute Gasteiger partial charge is 0.0815 e. The first-order valence-corrected chi connectivity index (χ1v) is 5.45. The van der Waals surface area contributed by atoms with Crippen molar-refractivity contribution in [2.45, 2.75) is 44.8 Å². The van der Waals surface area contributed by atoms with Gasteiger partial charge in [0.1, 0.15) is 0 Å². The van der Waals surface area contributed by atoms with Crippen LogP contribution in [0.2, 0.25) is 5.02 Å². The predicted octanol–water partition coefficient (Wildman–Crippen LogP) is 2.32. The molecule has 1 heterocycles. The highest BCUT2D eigenvalue weighted by atomic mass is 35.5. The van der Waals surface area contributed by atoms with Crippen molar-refractivity contribution < 1.29 is 5.11 Å². The second kappa shape index (κ2) is 3.91. The van der Waals surface area contributed by atoms with E-state index in [2.05, 4.69) is 5.10 Å². The molecule has 1 aliphatic rings. The molecule has 78 valence electrons. The largest absolute Gasteiger partial charge is 0.391 e. The molecule has 1 aromatic heterocycles. The van der Waals surface area contributed by atoms with Crippen LogP contribution in [0.1, 0.15) is 37.4 Å². The van der Waals surface area contributed by atoms with Crippen LogP contribution >= 0.6 is 11.6 Å². The summed E-state index contributed by atoms with van der Waals surface area (Å²) in [6.07, 6.45) is 5.71. The van der Waals surface area contributed by atoms with E-state index in [1.807, 2.05) is 17.8 Å². The lowest BCUT2D eigenvalue weighted by Crippen LogP contribution is -2.27. The molecule has 1 N–H and O–H groups in total. The fourth-order valence-electron chi connectivity index (χ4n) is 2.03. The molecule has 1 saturated carbocycles. The Balaban J connectivity index is 2.20. The number of nitrogens with zero attached hydrogens (tertiary/aromatic N) is 2. The minimum Gasteiger partial charge on any atom is -0.391 e. The Morgan fingerprint density at radius 2 is 2.21 bits per heavy atom. The zero-order valence-corrected chi connectivity index (χ0v) is 9.04. The average molecular weight is 215 g/mol. The molecule has 4 heteroatoms. The van der Waals surface area contributed by atoms with Crippen molar-refractivity contribution in [3.63, 3.8) is 0 Å². The highest BCUT2D eigenvalue weighted by Crippen LogP contribution is 2.29. The van der Waals surface area contributed by atoms with E-state index in [-0.39, 0.29) is 12.1 Å². The van der Waals surface area contributed by atoms with E-state index in [0.717, 1.165) is 31.4 Å². The maximum Gasteiger partial charge on any atom is 0.0815 e. The highest BCUT2D eigenvalue weighted by molar-refractivity contribution is 6.31. The van der Waals surface area contributed by atoms with E-state index in [9.17, 15) is 5.11 Å². The number of rotatable bonds is 1. The Labute approximate surface area is 88.7 Å². The van der Waals surface area contributed by atoms with Crippen LogP contribution in [-0.4, -0.2) is 21.0 Å². The highest BCUT2D eigenvalue weighted by Gasteiger charge is 2.25. The van der Waals surface area contributed by atoms with Crippen LogP contribution in [0.4, 0.5) is 0 Å². The molecular weight excluding hydrogens is 200 g/mol. The molecule has 2 unspecified atom stereocenters. The molecular formula is C10H15ClN2O. The molecule has 2 atom stereocenters. The van der Waals surface area contributed by atoms with Gasteiger partial charge in [-0.2, -0.15) is 5.10 Å². The SMILES string of the molecule is Cc1nn(C2CCCCC2O)cc1Cl. The summed E-state index contributed by atoms with van der Waals surface area (Å²) in [6.45, 7) is 1.88. The average Bonchev–Trinajstić information content (AvgIpc) is 2.48. The van der Waals surface area contributed by atoms with Gasteiger partial charge in [0, 0.05) is 6.20 Å². The van der Waals surface area contributed by atoms with Gasteiger partial charge in [0.25, 0.3) is 0 Å². The molecule has 3 nitrogen and oxygen atoms in total. The summed E-state index contributed by atoms with van der Waals surface area (Å²) in [7, 11) is 0. The van der Waals surface area contributed by atoms with Crippen molar-refractivity contribution in [2.24, 2.45) is 0 Å². The van der Waals surface area contributed by atoms with Crippen molar-refractivity contribution in [3.8, 4) is 0 Å². The van der Waals surface area contributed by atoms with Crippen LogP contribution < -0.4 is 0 Å². The van der Waals surface area contributed by atoms with Crippen LogP contribution in [0, 0.1) is 6.92 Å². The van der Waals surface area contributed by atoms with Gasteiger partial charge >= 0.3 is 0 Å². The molecule has 1 aliphatic carbocycles. The van der Waals surface area contributed by atoms with E-state index >= 15 is 0 Å². The Hall–Kier alpha value is -0.540. The van der Waals surface area contributed by atoms with Crippen LogP contribution in [0.5, 0.6) is 0 Å². The molecule has 0 aromatic carbocycles. The van der Waals surface area contributed by atoms with Crippen molar-refractivity contribution in [3.05, 3.63) is 16.9 Å². The minimum atomic E-state index is -0.265. The second-order valence-corrected chi connectivity index (χ2v) is 4.37. The van der Waals surface area contributed by atoms with Crippen LogP contribution in [0.3, 0.4) is 0 Å². The van der Waals surface area contributed by atoms with Crippen LogP contribution in [-0.2, 0) is 0 Å². The summed E-state index contributed by atoms with van der Waals surface area (Å²) in [4.78, 5) is 0. The zero-order valence-electron chi connectivity index (χ0n) is 8.28. The molecule has 0 aliphatic heterocycles. The summed E-state index contributed by atoms with van der Waals surface area (Å²) in [5.41, 5.74) is 0.837. The normalized spacial score (nSPS) is 27.9. The lowest BCUT2D eigenvalue weighted by molar-refractivity contribution is 0.0693. The first kappa shape index (κ1) is 9.99. The third-order valence-electron chi connectivity index (χ3n) is 2.89. The molecule has 0 spiro atoms. The van der Waals surface area contributed by atoms with Crippen molar-refractivity contribution >= 4 is 11.6 Å². The predicted molar refractivity (Wildman–Crippen MR) is 55.5 cm³/mol. The van der Waals surface area contributed by atoms with Crippen LogP contribution in [0.25, 0.3) is 0 Å². The Kier molecular flexibility index (Phi) is 2.79. The van der Waals surface area contributed by atoms with Gasteiger partial charge < -0.3 is 5.11 Å². The first-order valence-electron chi connectivity index (χ1n) is 5.08. The standard InChI is InChI=1S/C10H15ClN2O/c1-7-8(11)6-13(12-7)9-4-2-3-5-10(9)14/h6,9-10,14H,2-5H2,1H3. The summed E-state index contributed by atoms with van der Waals surface area (Å²) in [5, 5.41) is 14.8. The number of hydrogen-bond acceptors (Lipinski definition) is 2. The molecule has 2 rings (SSSR count). The van der Waals surface area contributed by atoms with E-state index in [0.29, 0.717) is 5.02 Å². The Morgan fingerprint density at radius 3 is 2.79 bits per heavy atom. The number of aromatic nitrogens is 2. The maximum absolute atomic E-state index is 9.82. The summed E-state index contributed by atoms with van der Waals surface area (Å²) < 4.78 is 1.82.